The van der Waals surface area contributed by atoms with Crippen molar-refractivity contribution in [1.82, 2.24) is 0 Å². The van der Waals surface area contributed by atoms with Gasteiger partial charge in [-0.2, -0.15) is 0 Å². The summed E-state index contributed by atoms with van der Waals surface area (Å²) in [6.45, 7) is 2.26. The number of ether oxygens (including phenoxy) is 2. The van der Waals surface area contributed by atoms with E-state index in [9.17, 15) is 0 Å². The van der Waals surface area contributed by atoms with E-state index in [4.69, 9.17) is 26.8 Å². The Morgan fingerprint density at radius 3 is 2.42 bits per heavy atom. The summed E-state index contributed by atoms with van der Waals surface area (Å²) in [5.41, 5.74) is 9.35. The van der Waals surface area contributed by atoms with Gasteiger partial charge in [0.15, 0.2) is 0 Å². The number of benzene rings is 1. The Hall–Kier alpha value is -0.930. The molecule has 0 fully saturated rings. The second-order valence-electron chi connectivity index (χ2n) is 5.20. The molecular weight excluding hydrogens is 262 g/mol. The van der Waals surface area contributed by atoms with Gasteiger partial charge in [-0.05, 0) is 45.1 Å². The van der Waals surface area contributed by atoms with Crippen molar-refractivity contribution < 1.29 is 9.47 Å². The van der Waals surface area contributed by atoms with Crippen molar-refractivity contribution in [3.05, 3.63) is 21.7 Å². The van der Waals surface area contributed by atoms with Gasteiger partial charge < -0.3 is 15.2 Å². The van der Waals surface area contributed by atoms with Crippen LogP contribution in [0.3, 0.4) is 0 Å². The minimum atomic E-state index is 0.701. The van der Waals surface area contributed by atoms with Crippen LogP contribution in [-0.4, -0.2) is 19.8 Å². The third-order valence-corrected chi connectivity index (χ3v) is 4.32. The summed E-state index contributed by atoms with van der Waals surface area (Å²) in [6.07, 6.45) is 6.04. The zero-order valence-electron chi connectivity index (χ0n) is 11.1. The molecule has 19 heavy (non-hydrogen) atoms. The minimum absolute atomic E-state index is 0.701. The summed E-state index contributed by atoms with van der Waals surface area (Å²) in [7, 11) is 0. The van der Waals surface area contributed by atoms with Crippen LogP contribution in [0.15, 0.2) is 0 Å². The Labute approximate surface area is 119 Å². The molecule has 1 aromatic carbocycles. The van der Waals surface area contributed by atoms with E-state index in [1.807, 2.05) is 0 Å². The third kappa shape index (κ3) is 2.30. The summed E-state index contributed by atoms with van der Waals surface area (Å²) < 4.78 is 11.7. The largest absolute Gasteiger partial charge is 0.493 e. The van der Waals surface area contributed by atoms with Gasteiger partial charge in [-0.15, -0.1) is 0 Å². The van der Waals surface area contributed by atoms with Gasteiger partial charge >= 0.3 is 0 Å². The lowest BCUT2D eigenvalue weighted by Crippen LogP contribution is -2.18. The minimum Gasteiger partial charge on any atom is -0.493 e. The second kappa shape index (κ2) is 5.59. The van der Waals surface area contributed by atoms with Crippen LogP contribution in [-0.2, 0) is 19.3 Å². The standard InChI is InChI=1S/C15H20ClNO2/c16-13-12-6-3-8-18-14(12)10(4-1-7-17)11-5-2-9-19-15(11)13/h1-9,17H2. The molecule has 104 valence electrons. The first-order chi connectivity index (χ1) is 9.33. The normalized spacial score (nSPS) is 17.2. The molecule has 0 amide bonds. The molecule has 2 heterocycles. The predicted molar refractivity (Wildman–Crippen MR) is 76.5 cm³/mol. The zero-order chi connectivity index (χ0) is 13.2. The molecule has 3 nitrogen and oxygen atoms in total. The molecule has 0 saturated heterocycles. The van der Waals surface area contributed by atoms with Crippen molar-refractivity contribution in [3.8, 4) is 11.5 Å². The maximum atomic E-state index is 6.52. The summed E-state index contributed by atoms with van der Waals surface area (Å²) in [6, 6.07) is 0. The fraction of sp³-hybridized carbons (Fsp3) is 0.600. The second-order valence-corrected chi connectivity index (χ2v) is 5.58. The summed E-state index contributed by atoms with van der Waals surface area (Å²) in [4.78, 5) is 0. The highest BCUT2D eigenvalue weighted by atomic mass is 35.5. The molecule has 2 aliphatic rings. The predicted octanol–water partition coefficient (Wildman–Crippen LogP) is 2.88. The molecule has 0 atom stereocenters. The molecule has 0 aliphatic carbocycles. The number of hydrogen-bond acceptors (Lipinski definition) is 3. The average molecular weight is 282 g/mol. The van der Waals surface area contributed by atoms with E-state index in [2.05, 4.69) is 0 Å². The SMILES string of the molecule is NCCCc1c2c(c(Cl)c3c1OCCC3)OCCC2. The van der Waals surface area contributed by atoms with Gasteiger partial charge in [0, 0.05) is 16.7 Å². The number of fused-ring (bicyclic) bond motifs is 2. The monoisotopic (exact) mass is 281 g/mol. The fourth-order valence-corrected chi connectivity index (χ4v) is 3.38. The van der Waals surface area contributed by atoms with Crippen LogP contribution >= 0.6 is 11.6 Å². The summed E-state index contributed by atoms with van der Waals surface area (Å²) in [5.74, 6) is 1.93. The molecule has 0 saturated carbocycles. The van der Waals surface area contributed by atoms with E-state index >= 15 is 0 Å². The molecule has 0 aromatic heterocycles. The van der Waals surface area contributed by atoms with Crippen molar-refractivity contribution in [2.45, 2.75) is 38.5 Å². The van der Waals surface area contributed by atoms with E-state index in [0.717, 1.165) is 73.8 Å². The van der Waals surface area contributed by atoms with Gasteiger partial charge in [-0.1, -0.05) is 11.6 Å². The molecule has 0 bridgehead atoms. The van der Waals surface area contributed by atoms with Crippen LogP contribution in [0.2, 0.25) is 5.02 Å². The molecule has 4 heteroatoms. The molecular formula is C15H20ClNO2. The lowest BCUT2D eigenvalue weighted by Gasteiger charge is -2.29. The molecule has 1 aromatic rings. The van der Waals surface area contributed by atoms with Gasteiger partial charge in [-0.3, -0.25) is 0 Å². The highest BCUT2D eigenvalue weighted by Gasteiger charge is 2.27. The maximum absolute atomic E-state index is 6.52. The lowest BCUT2D eigenvalue weighted by atomic mass is 9.90. The zero-order valence-corrected chi connectivity index (χ0v) is 11.9. The average Bonchev–Trinajstić information content (AvgIpc) is 2.47. The Morgan fingerprint density at radius 2 is 1.68 bits per heavy atom. The molecule has 2 aliphatic heterocycles. The first kappa shape index (κ1) is 13.1. The van der Waals surface area contributed by atoms with Gasteiger partial charge in [-0.25, -0.2) is 0 Å². The first-order valence-corrected chi connectivity index (χ1v) is 7.52. The van der Waals surface area contributed by atoms with Gasteiger partial charge in [0.1, 0.15) is 11.5 Å². The van der Waals surface area contributed by atoms with E-state index in [-0.39, 0.29) is 0 Å². The smallest absolute Gasteiger partial charge is 0.141 e. The van der Waals surface area contributed by atoms with E-state index < -0.39 is 0 Å². The fourth-order valence-electron chi connectivity index (χ4n) is 3.03. The van der Waals surface area contributed by atoms with Gasteiger partial charge in [0.25, 0.3) is 0 Å². The van der Waals surface area contributed by atoms with Crippen LogP contribution in [0.25, 0.3) is 0 Å². The number of hydrogen-bond donors (Lipinski definition) is 1. The summed E-state index contributed by atoms with van der Waals surface area (Å²) >= 11 is 6.52. The quantitative estimate of drug-likeness (QED) is 0.926. The molecule has 0 unspecified atom stereocenters. The van der Waals surface area contributed by atoms with Crippen LogP contribution < -0.4 is 15.2 Å². The van der Waals surface area contributed by atoms with Crippen LogP contribution in [0.5, 0.6) is 11.5 Å². The van der Waals surface area contributed by atoms with Crippen molar-refractivity contribution >= 4 is 11.6 Å². The first-order valence-electron chi connectivity index (χ1n) is 7.14. The van der Waals surface area contributed by atoms with Crippen molar-refractivity contribution in [1.29, 1.82) is 0 Å². The van der Waals surface area contributed by atoms with Gasteiger partial charge in [0.2, 0.25) is 0 Å². The van der Waals surface area contributed by atoms with E-state index in [1.165, 1.54) is 11.1 Å². The van der Waals surface area contributed by atoms with Crippen LogP contribution in [0.4, 0.5) is 0 Å². The maximum Gasteiger partial charge on any atom is 0.141 e. The van der Waals surface area contributed by atoms with Crippen molar-refractivity contribution in [2.75, 3.05) is 19.8 Å². The van der Waals surface area contributed by atoms with Crippen molar-refractivity contribution in [3.63, 3.8) is 0 Å². The molecule has 3 rings (SSSR count). The van der Waals surface area contributed by atoms with E-state index in [1.54, 1.807) is 0 Å². The van der Waals surface area contributed by atoms with Gasteiger partial charge in [0.05, 0.1) is 18.2 Å². The molecule has 0 spiro atoms. The Bertz CT molecular complexity index is 451. The Kier molecular flexibility index (Phi) is 3.85. The highest BCUT2D eigenvalue weighted by Crippen LogP contribution is 2.46. The van der Waals surface area contributed by atoms with Crippen LogP contribution in [0.1, 0.15) is 36.0 Å². The van der Waals surface area contributed by atoms with Crippen molar-refractivity contribution in [2.24, 2.45) is 5.73 Å². The topological polar surface area (TPSA) is 44.5 Å². The number of rotatable bonds is 3. The molecule has 0 radical (unpaired) electrons. The number of halogens is 1. The van der Waals surface area contributed by atoms with E-state index in [0.29, 0.717) is 6.54 Å². The Morgan fingerprint density at radius 1 is 1.00 bits per heavy atom. The number of nitrogens with two attached hydrogens (primary N) is 1. The third-order valence-electron chi connectivity index (χ3n) is 3.92. The highest BCUT2D eigenvalue weighted by molar-refractivity contribution is 6.33. The lowest BCUT2D eigenvalue weighted by molar-refractivity contribution is 0.269. The summed E-state index contributed by atoms with van der Waals surface area (Å²) in [5, 5.41) is 0.779. The molecule has 2 N–H and O–H groups in total. The Balaban J connectivity index is 2.13. The van der Waals surface area contributed by atoms with Crippen LogP contribution in [0, 0.1) is 0 Å².